The first-order chi connectivity index (χ1) is 14.8. The first-order valence-corrected chi connectivity index (χ1v) is 9.20. The minimum Gasteiger partial charge on any atom is -0.322 e. The SMILES string of the molecule is O=C(/C=C(/c1ccccc1)C(F)(F)F)Nc1ccc(NC(=O)Nc2ccccc2)cc1. The quantitative estimate of drug-likeness (QED) is 0.445. The van der Waals surface area contributed by atoms with Gasteiger partial charge in [0.1, 0.15) is 0 Å². The van der Waals surface area contributed by atoms with Gasteiger partial charge >= 0.3 is 12.2 Å². The van der Waals surface area contributed by atoms with Crippen LogP contribution in [0.1, 0.15) is 5.56 Å². The molecule has 0 unspecified atom stereocenters. The maximum absolute atomic E-state index is 13.3. The van der Waals surface area contributed by atoms with Crippen LogP contribution in [0.2, 0.25) is 0 Å². The van der Waals surface area contributed by atoms with E-state index in [1.54, 1.807) is 30.3 Å². The van der Waals surface area contributed by atoms with Crippen LogP contribution >= 0.6 is 0 Å². The topological polar surface area (TPSA) is 70.2 Å². The van der Waals surface area contributed by atoms with Crippen LogP contribution in [0.15, 0.2) is 91.0 Å². The van der Waals surface area contributed by atoms with Crippen molar-refractivity contribution in [1.82, 2.24) is 0 Å². The molecule has 0 saturated heterocycles. The van der Waals surface area contributed by atoms with E-state index >= 15 is 0 Å². The number of urea groups is 1. The molecule has 0 bridgehead atoms. The van der Waals surface area contributed by atoms with E-state index in [1.807, 2.05) is 6.07 Å². The zero-order valence-corrected chi connectivity index (χ0v) is 16.1. The van der Waals surface area contributed by atoms with E-state index in [9.17, 15) is 22.8 Å². The molecule has 3 aromatic carbocycles. The first kappa shape index (κ1) is 21.6. The second-order valence-electron chi connectivity index (χ2n) is 6.43. The smallest absolute Gasteiger partial charge is 0.322 e. The van der Waals surface area contributed by atoms with Crippen LogP contribution in [-0.4, -0.2) is 18.1 Å². The number of halogens is 3. The molecule has 0 aliphatic carbocycles. The fourth-order valence-corrected chi connectivity index (χ4v) is 2.71. The van der Waals surface area contributed by atoms with Gasteiger partial charge in [-0.25, -0.2) is 4.79 Å². The lowest BCUT2D eigenvalue weighted by Crippen LogP contribution is -2.19. The summed E-state index contributed by atoms with van der Waals surface area (Å²) in [5.41, 5.74) is 0.206. The monoisotopic (exact) mass is 425 g/mol. The Kier molecular flexibility index (Phi) is 6.71. The van der Waals surface area contributed by atoms with Crippen LogP contribution in [0.25, 0.3) is 5.57 Å². The number of rotatable bonds is 5. The molecule has 0 radical (unpaired) electrons. The number of hydrogen-bond acceptors (Lipinski definition) is 2. The fraction of sp³-hybridized carbons (Fsp3) is 0.0435. The Morgan fingerprint density at radius 3 is 1.61 bits per heavy atom. The molecule has 0 aliphatic heterocycles. The predicted octanol–water partition coefficient (Wildman–Crippen LogP) is 5.92. The van der Waals surface area contributed by atoms with Gasteiger partial charge in [0.15, 0.2) is 0 Å². The molecule has 0 heterocycles. The van der Waals surface area contributed by atoms with E-state index in [-0.39, 0.29) is 11.3 Å². The first-order valence-electron chi connectivity index (χ1n) is 9.20. The number of alkyl halides is 3. The highest BCUT2D eigenvalue weighted by molar-refractivity contribution is 6.05. The summed E-state index contributed by atoms with van der Waals surface area (Å²) in [6.07, 6.45) is -4.16. The molecule has 8 heteroatoms. The number of nitrogens with one attached hydrogen (secondary N) is 3. The molecule has 3 N–H and O–H groups in total. The van der Waals surface area contributed by atoms with Gasteiger partial charge < -0.3 is 16.0 Å². The van der Waals surface area contributed by atoms with Gasteiger partial charge in [-0.05, 0) is 42.0 Å². The van der Waals surface area contributed by atoms with E-state index in [0.29, 0.717) is 17.5 Å². The summed E-state index contributed by atoms with van der Waals surface area (Å²) in [7, 11) is 0. The highest BCUT2D eigenvalue weighted by atomic mass is 19.4. The molecule has 0 fully saturated rings. The second-order valence-corrected chi connectivity index (χ2v) is 6.43. The number of benzene rings is 3. The van der Waals surface area contributed by atoms with Crippen molar-refractivity contribution in [3.63, 3.8) is 0 Å². The minimum atomic E-state index is -4.68. The molecule has 3 amide bonds. The third-order valence-corrected chi connectivity index (χ3v) is 4.11. The summed E-state index contributed by atoms with van der Waals surface area (Å²) < 4.78 is 40.0. The molecule has 5 nitrogen and oxygen atoms in total. The zero-order chi connectivity index (χ0) is 22.3. The number of allylic oxidation sites excluding steroid dienone is 1. The molecule has 0 aliphatic rings. The van der Waals surface area contributed by atoms with Gasteiger partial charge in [0.05, 0.1) is 5.57 Å². The van der Waals surface area contributed by atoms with Crippen LogP contribution < -0.4 is 16.0 Å². The molecule has 0 atom stereocenters. The summed E-state index contributed by atoms with van der Waals surface area (Å²) in [4.78, 5) is 24.1. The number of amides is 3. The van der Waals surface area contributed by atoms with Crippen molar-refractivity contribution in [3.8, 4) is 0 Å². The lowest BCUT2D eigenvalue weighted by atomic mass is 10.1. The number of para-hydroxylation sites is 1. The molecule has 0 spiro atoms. The maximum atomic E-state index is 13.3. The van der Waals surface area contributed by atoms with E-state index < -0.39 is 23.7 Å². The Labute approximate surface area is 176 Å². The number of carbonyl (C=O) groups is 2. The largest absolute Gasteiger partial charge is 0.417 e. The van der Waals surface area contributed by atoms with E-state index in [1.165, 1.54) is 48.5 Å². The van der Waals surface area contributed by atoms with Crippen LogP contribution in [0.5, 0.6) is 0 Å². The molecular formula is C23H18F3N3O2. The van der Waals surface area contributed by atoms with Crippen molar-refractivity contribution in [2.75, 3.05) is 16.0 Å². The van der Waals surface area contributed by atoms with Crippen molar-refractivity contribution in [2.45, 2.75) is 6.18 Å². The van der Waals surface area contributed by atoms with Gasteiger partial charge in [-0.3, -0.25) is 4.79 Å². The highest BCUT2D eigenvalue weighted by Gasteiger charge is 2.35. The second kappa shape index (κ2) is 9.62. The Balaban J connectivity index is 1.64. The Hall–Kier alpha value is -4.07. The van der Waals surface area contributed by atoms with Gasteiger partial charge in [-0.2, -0.15) is 13.2 Å². The third-order valence-electron chi connectivity index (χ3n) is 4.11. The number of hydrogen-bond donors (Lipinski definition) is 3. The molecule has 3 rings (SSSR count). The number of carbonyl (C=O) groups excluding carboxylic acids is 2. The summed E-state index contributed by atoms with van der Waals surface area (Å²) in [5.74, 6) is -0.918. The Morgan fingerprint density at radius 2 is 1.10 bits per heavy atom. The average Bonchev–Trinajstić information content (AvgIpc) is 2.74. The summed E-state index contributed by atoms with van der Waals surface area (Å²) in [5, 5.41) is 7.67. The molecule has 0 saturated carbocycles. The molecule has 158 valence electrons. The van der Waals surface area contributed by atoms with Crippen molar-refractivity contribution >= 4 is 34.6 Å². The summed E-state index contributed by atoms with van der Waals surface area (Å²) >= 11 is 0. The van der Waals surface area contributed by atoms with Crippen LogP contribution in [-0.2, 0) is 4.79 Å². The van der Waals surface area contributed by atoms with E-state index in [4.69, 9.17) is 0 Å². The molecular weight excluding hydrogens is 407 g/mol. The fourth-order valence-electron chi connectivity index (χ4n) is 2.71. The minimum absolute atomic E-state index is 0.103. The lowest BCUT2D eigenvalue weighted by Gasteiger charge is -2.12. The van der Waals surface area contributed by atoms with Crippen LogP contribution in [0.3, 0.4) is 0 Å². The van der Waals surface area contributed by atoms with Crippen LogP contribution in [0.4, 0.5) is 35.0 Å². The van der Waals surface area contributed by atoms with Gasteiger partial charge in [0.2, 0.25) is 5.91 Å². The van der Waals surface area contributed by atoms with Gasteiger partial charge in [-0.15, -0.1) is 0 Å². The van der Waals surface area contributed by atoms with Crippen molar-refractivity contribution in [2.24, 2.45) is 0 Å². The van der Waals surface area contributed by atoms with Gasteiger partial charge in [-0.1, -0.05) is 48.5 Å². The highest BCUT2D eigenvalue weighted by Crippen LogP contribution is 2.33. The molecule has 3 aromatic rings. The normalized spacial score (nSPS) is 11.5. The van der Waals surface area contributed by atoms with Crippen molar-refractivity contribution in [1.29, 1.82) is 0 Å². The molecule has 0 aromatic heterocycles. The lowest BCUT2D eigenvalue weighted by molar-refractivity contribution is -0.112. The van der Waals surface area contributed by atoms with E-state index in [0.717, 1.165) is 0 Å². The van der Waals surface area contributed by atoms with Gasteiger partial charge in [0, 0.05) is 23.1 Å². The van der Waals surface area contributed by atoms with Crippen molar-refractivity contribution in [3.05, 3.63) is 96.6 Å². The summed E-state index contributed by atoms with van der Waals surface area (Å²) in [6, 6.07) is 21.5. The number of anilines is 3. The zero-order valence-electron chi connectivity index (χ0n) is 16.1. The van der Waals surface area contributed by atoms with Crippen LogP contribution in [0, 0.1) is 0 Å². The summed E-state index contributed by atoms with van der Waals surface area (Å²) in [6.45, 7) is 0. The van der Waals surface area contributed by atoms with Crippen molar-refractivity contribution < 1.29 is 22.8 Å². The average molecular weight is 425 g/mol. The Morgan fingerprint density at radius 1 is 0.645 bits per heavy atom. The Bertz CT molecular complexity index is 1060. The van der Waals surface area contributed by atoms with E-state index in [2.05, 4.69) is 16.0 Å². The van der Waals surface area contributed by atoms with Gasteiger partial charge in [0.25, 0.3) is 0 Å². The maximum Gasteiger partial charge on any atom is 0.417 e. The predicted molar refractivity (Wildman–Crippen MR) is 115 cm³/mol. The third kappa shape index (κ3) is 6.46. The standard InChI is InChI=1S/C23H18F3N3O2/c24-23(25,26)20(16-7-3-1-4-8-16)15-21(30)27-18-11-13-19(14-12-18)29-22(31)28-17-9-5-2-6-10-17/h1-15H,(H,27,30)(H2,28,29,31)/b20-15-. The molecule has 31 heavy (non-hydrogen) atoms.